The molecule has 2 aromatic heterocycles. The molecule has 1 unspecified atom stereocenters. The lowest BCUT2D eigenvalue weighted by Crippen LogP contribution is -2.20. The van der Waals surface area contributed by atoms with E-state index in [0.29, 0.717) is 0 Å². The zero-order valence-corrected chi connectivity index (χ0v) is 12.0. The van der Waals surface area contributed by atoms with E-state index < -0.39 is 0 Å². The second-order valence-electron chi connectivity index (χ2n) is 5.37. The smallest absolute Gasteiger partial charge is 0.0312 e. The summed E-state index contributed by atoms with van der Waals surface area (Å²) in [7, 11) is 0. The van der Waals surface area contributed by atoms with Crippen LogP contribution in [0.3, 0.4) is 0 Å². The third kappa shape index (κ3) is 3.64. The number of aryl methyl sites for hydroxylation is 1. The van der Waals surface area contributed by atoms with Crippen molar-refractivity contribution in [1.29, 1.82) is 0 Å². The summed E-state index contributed by atoms with van der Waals surface area (Å²) in [5.74, 6) is 0.874. The maximum absolute atomic E-state index is 4.19. The number of pyridine rings is 1. The van der Waals surface area contributed by atoms with Crippen LogP contribution >= 0.6 is 11.3 Å². The Balaban J connectivity index is 1.45. The maximum atomic E-state index is 4.19. The summed E-state index contributed by atoms with van der Waals surface area (Å²) in [4.78, 5) is 8.29. The van der Waals surface area contributed by atoms with E-state index in [9.17, 15) is 0 Å². The standard InChI is InChI=1S/C16H20N2S/c1-3-15(11-17-8-1)13-18-9-7-14(12-18)5-6-16-4-2-10-19-16/h1-4,8,10-11,14H,5-7,9,12-13H2. The van der Waals surface area contributed by atoms with E-state index in [1.165, 1.54) is 42.8 Å². The number of thiophene rings is 1. The molecule has 0 spiro atoms. The number of nitrogens with zero attached hydrogens (tertiary/aromatic N) is 2. The Bertz CT molecular complexity index is 481. The normalized spacial score (nSPS) is 19.9. The highest BCUT2D eigenvalue weighted by Crippen LogP contribution is 2.24. The molecular weight excluding hydrogens is 252 g/mol. The van der Waals surface area contributed by atoms with Gasteiger partial charge in [0.1, 0.15) is 0 Å². The van der Waals surface area contributed by atoms with Crippen LogP contribution in [0.15, 0.2) is 42.0 Å². The fourth-order valence-electron chi connectivity index (χ4n) is 2.84. The molecule has 1 aliphatic rings. The van der Waals surface area contributed by atoms with Gasteiger partial charge in [0.15, 0.2) is 0 Å². The Labute approximate surface area is 119 Å². The van der Waals surface area contributed by atoms with E-state index in [2.05, 4.69) is 33.5 Å². The van der Waals surface area contributed by atoms with Crippen LogP contribution in [0.5, 0.6) is 0 Å². The lowest BCUT2D eigenvalue weighted by molar-refractivity contribution is 0.313. The molecule has 0 N–H and O–H groups in total. The minimum atomic E-state index is 0.874. The minimum absolute atomic E-state index is 0.874. The van der Waals surface area contributed by atoms with Crippen LogP contribution in [0.25, 0.3) is 0 Å². The van der Waals surface area contributed by atoms with Gasteiger partial charge in [-0.05, 0) is 54.8 Å². The average molecular weight is 272 g/mol. The average Bonchev–Trinajstić information content (AvgIpc) is 3.09. The molecule has 0 bridgehead atoms. The van der Waals surface area contributed by atoms with Gasteiger partial charge >= 0.3 is 0 Å². The summed E-state index contributed by atoms with van der Waals surface area (Å²) in [6.07, 6.45) is 7.77. The second kappa shape index (κ2) is 6.31. The fourth-order valence-corrected chi connectivity index (χ4v) is 3.57. The van der Waals surface area contributed by atoms with Crippen molar-refractivity contribution in [2.45, 2.75) is 25.8 Å². The predicted molar refractivity (Wildman–Crippen MR) is 80.3 cm³/mol. The Morgan fingerprint density at radius 1 is 1.32 bits per heavy atom. The molecule has 0 aliphatic carbocycles. The molecule has 3 rings (SSSR count). The Kier molecular flexibility index (Phi) is 4.26. The van der Waals surface area contributed by atoms with Gasteiger partial charge in [-0.1, -0.05) is 12.1 Å². The summed E-state index contributed by atoms with van der Waals surface area (Å²) in [5, 5.41) is 2.18. The first-order chi connectivity index (χ1) is 9.40. The number of rotatable bonds is 5. The Morgan fingerprint density at radius 2 is 2.32 bits per heavy atom. The van der Waals surface area contributed by atoms with E-state index >= 15 is 0 Å². The molecule has 100 valence electrons. The van der Waals surface area contributed by atoms with E-state index in [1.807, 2.05) is 29.8 Å². The van der Waals surface area contributed by atoms with Crippen molar-refractivity contribution >= 4 is 11.3 Å². The van der Waals surface area contributed by atoms with E-state index in [1.54, 1.807) is 0 Å². The van der Waals surface area contributed by atoms with Crippen LogP contribution in [0.1, 0.15) is 23.3 Å². The summed E-state index contributed by atoms with van der Waals surface area (Å²) >= 11 is 1.89. The predicted octanol–water partition coefficient (Wildman–Crippen LogP) is 3.60. The van der Waals surface area contributed by atoms with Crippen molar-refractivity contribution in [3.05, 3.63) is 52.5 Å². The molecule has 19 heavy (non-hydrogen) atoms. The molecule has 0 amide bonds. The SMILES string of the molecule is c1cncc(CN2CCC(CCc3cccs3)C2)c1. The van der Waals surface area contributed by atoms with Gasteiger partial charge in [-0.2, -0.15) is 0 Å². The van der Waals surface area contributed by atoms with Crippen molar-refractivity contribution in [1.82, 2.24) is 9.88 Å². The zero-order valence-electron chi connectivity index (χ0n) is 11.2. The molecule has 0 aromatic carbocycles. The first-order valence-corrected chi connectivity index (χ1v) is 7.92. The summed E-state index contributed by atoms with van der Waals surface area (Å²) in [6, 6.07) is 8.61. The number of hydrogen-bond donors (Lipinski definition) is 0. The molecule has 2 aromatic rings. The maximum Gasteiger partial charge on any atom is 0.0312 e. The lowest BCUT2D eigenvalue weighted by Gasteiger charge is -2.15. The van der Waals surface area contributed by atoms with Gasteiger partial charge in [-0.15, -0.1) is 11.3 Å². The van der Waals surface area contributed by atoms with Gasteiger partial charge in [0.25, 0.3) is 0 Å². The lowest BCUT2D eigenvalue weighted by atomic mass is 10.0. The first kappa shape index (κ1) is 12.8. The van der Waals surface area contributed by atoms with Crippen LogP contribution in [0, 0.1) is 5.92 Å². The largest absolute Gasteiger partial charge is 0.299 e. The Morgan fingerprint density at radius 3 is 3.11 bits per heavy atom. The second-order valence-corrected chi connectivity index (χ2v) is 6.40. The van der Waals surface area contributed by atoms with Crippen molar-refractivity contribution in [2.24, 2.45) is 5.92 Å². The van der Waals surface area contributed by atoms with E-state index in [-0.39, 0.29) is 0 Å². The first-order valence-electron chi connectivity index (χ1n) is 7.04. The molecule has 1 aliphatic heterocycles. The quantitative estimate of drug-likeness (QED) is 0.827. The summed E-state index contributed by atoms with van der Waals surface area (Å²) in [5.41, 5.74) is 1.33. The number of aromatic nitrogens is 1. The van der Waals surface area contributed by atoms with Crippen molar-refractivity contribution in [2.75, 3.05) is 13.1 Å². The third-order valence-electron chi connectivity index (χ3n) is 3.88. The molecule has 1 atom stereocenters. The molecular formula is C16H20N2S. The van der Waals surface area contributed by atoms with Crippen LogP contribution in [0.4, 0.5) is 0 Å². The van der Waals surface area contributed by atoms with Crippen molar-refractivity contribution in [3.8, 4) is 0 Å². The number of likely N-dealkylation sites (tertiary alicyclic amines) is 1. The summed E-state index contributed by atoms with van der Waals surface area (Å²) in [6.45, 7) is 3.55. The molecule has 3 heterocycles. The van der Waals surface area contributed by atoms with E-state index in [0.717, 1.165) is 12.5 Å². The molecule has 0 radical (unpaired) electrons. The van der Waals surface area contributed by atoms with E-state index in [4.69, 9.17) is 0 Å². The van der Waals surface area contributed by atoms with Gasteiger partial charge in [0.05, 0.1) is 0 Å². The molecule has 0 saturated carbocycles. The highest BCUT2D eigenvalue weighted by Gasteiger charge is 2.22. The monoisotopic (exact) mass is 272 g/mol. The van der Waals surface area contributed by atoms with Gasteiger partial charge in [0.2, 0.25) is 0 Å². The van der Waals surface area contributed by atoms with Gasteiger partial charge < -0.3 is 0 Å². The topological polar surface area (TPSA) is 16.1 Å². The Hall–Kier alpha value is -1.19. The van der Waals surface area contributed by atoms with Gasteiger partial charge in [-0.25, -0.2) is 0 Å². The third-order valence-corrected chi connectivity index (χ3v) is 4.81. The highest BCUT2D eigenvalue weighted by molar-refractivity contribution is 7.09. The van der Waals surface area contributed by atoms with Gasteiger partial charge in [0, 0.05) is 30.4 Å². The zero-order chi connectivity index (χ0) is 12.9. The molecule has 3 heteroatoms. The number of hydrogen-bond acceptors (Lipinski definition) is 3. The van der Waals surface area contributed by atoms with Crippen molar-refractivity contribution in [3.63, 3.8) is 0 Å². The van der Waals surface area contributed by atoms with Crippen LogP contribution in [-0.4, -0.2) is 23.0 Å². The molecule has 1 saturated heterocycles. The summed E-state index contributed by atoms with van der Waals surface area (Å²) < 4.78 is 0. The van der Waals surface area contributed by atoms with Crippen molar-refractivity contribution < 1.29 is 0 Å². The van der Waals surface area contributed by atoms with Crippen LogP contribution < -0.4 is 0 Å². The van der Waals surface area contributed by atoms with Crippen LogP contribution in [0.2, 0.25) is 0 Å². The fraction of sp³-hybridized carbons (Fsp3) is 0.438. The van der Waals surface area contributed by atoms with Crippen LogP contribution in [-0.2, 0) is 13.0 Å². The molecule has 1 fully saturated rings. The van der Waals surface area contributed by atoms with Gasteiger partial charge in [-0.3, -0.25) is 9.88 Å². The molecule has 2 nitrogen and oxygen atoms in total. The highest BCUT2D eigenvalue weighted by atomic mass is 32.1. The minimum Gasteiger partial charge on any atom is -0.299 e.